The highest BCUT2D eigenvalue weighted by molar-refractivity contribution is 5.32. The van der Waals surface area contributed by atoms with Crippen molar-refractivity contribution in [2.45, 2.75) is 33.1 Å². The Morgan fingerprint density at radius 1 is 1.31 bits per heavy atom. The van der Waals surface area contributed by atoms with E-state index in [1.54, 1.807) is 0 Å². The third kappa shape index (κ3) is 2.68. The molecule has 1 N–H and O–H groups in total. The summed E-state index contributed by atoms with van der Waals surface area (Å²) in [4.78, 5) is 0. The molecule has 72 valence electrons. The first-order chi connectivity index (χ1) is 6.27. The summed E-state index contributed by atoms with van der Waals surface area (Å²) in [5.41, 5.74) is 1.07. The van der Waals surface area contributed by atoms with Gasteiger partial charge in [-0.15, -0.1) is 5.10 Å². The van der Waals surface area contributed by atoms with Gasteiger partial charge in [-0.1, -0.05) is 13.8 Å². The van der Waals surface area contributed by atoms with Crippen LogP contribution in [0.25, 0.3) is 0 Å². The standard InChI is InChI=1S/C10H17N3/c1-4-8(3)9-6-7-10(11-5-2)13-12-9/h6-8H,4-5H2,1-3H3,(H,11,13). The second-order valence-electron chi connectivity index (χ2n) is 3.18. The molecule has 0 spiro atoms. The van der Waals surface area contributed by atoms with Gasteiger partial charge in [0.15, 0.2) is 0 Å². The van der Waals surface area contributed by atoms with Gasteiger partial charge in [-0.25, -0.2) is 0 Å². The Bertz CT molecular complexity index is 243. The van der Waals surface area contributed by atoms with Gasteiger partial charge in [0.05, 0.1) is 5.69 Å². The van der Waals surface area contributed by atoms with Gasteiger partial charge in [-0.05, 0) is 31.4 Å². The van der Waals surface area contributed by atoms with Crippen LogP contribution in [0.2, 0.25) is 0 Å². The molecule has 0 radical (unpaired) electrons. The van der Waals surface area contributed by atoms with E-state index in [1.165, 1.54) is 0 Å². The van der Waals surface area contributed by atoms with Gasteiger partial charge in [0.25, 0.3) is 0 Å². The van der Waals surface area contributed by atoms with Crippen molar-refractivity contribution in [3.05, 3.63) is 17.8 Å². The summed E-state index contributed by atoms with van der Waals surface area (Å²) in [6.45, 7) is 7.25. The minimum absolute atomic E-state index is 0.503. The zero-order valence-electron chi connectivity index (χ0n) is 8.54. The van der Waals surface area contributed by atoms with E-state index in [9.17, 15) is 0 Å². The molecule has 3 heteroatoms. The highest BCUT2D eigenvalue weighted by Crippen LogP contribution is 2.15. The van der Waals surface area contributed by atoms with Gasteiger partial charge < -0.3 is 5.32 Å². The molecule has 0 aromatic carbocycles. The Balaban J connectivity index is 2.69. The molecule has 0 bridgehead atoms. The quantitative estimate of drug-likeness (QED) is 0.771. The number of rotatable bonds is 4. The van der Waals surface area contributed by atoms with Crippen molar-refractivity contribution in [1.82, 2.24) is 10.2 Å². The van der Waals surface area contributed by atoms with Crippen LogP contribution in [-0.2, 0) is 0 Å². The molecule has 0 aliphatic carbocycles. The van der Waals surface area contributed by atoms with Crippen molar-refractivity contribution in [3.8, 4) is 0 Å². The van der Waals surface area contributed by atoms with Crippen LogP contribution in [0.3, 0.4) is 0 Å². The van der Waals surface area contributed by atoms with Gasteiger partial charge in [0.1, 0.15) is 5.82 Å². The van der Waals surface area contributed by atoms with Gasteiger partial charge in [0, 0.05) is 6.54 Å². The van der Waals surface area contributed by atoms with Crippen molar-refractivity contribution in [1.29, 1.82) is 0 Å². The third-order valence-electron chi connectivity index (χ3n) is 2.16. The lowest BCUT2D eigenvalue weighted by molar-refractivity contribution is 0.691. The fraction of sp³-hybridized carbons (Fsp3) is 0.600. The maximum Gasteiger partial charge on any atom is 0.148 e. The molecule has 0 fully saturated rings. The number of nitrogens with zero attached hydrogens (tertiary/aromatic N) is 2. The maximum absolute atomic E-state index is 4.16. The predicted molar refractivity (Wildman–Crippen MR) is 54.9 cm³/mol. The minimum atomic E-state index is 0.503. The SMILES string of the molecule is CCNc1ccc(C(C)CC)nn1. The van der Waals surface area contributed by atoms with Crippen LogP contribution in [-0.4, -0.2) is 16.7 Å². The average Bonchev–Trinajstić information content (AvgIpc) is 2.18. The Morgan fingerprint density at radius 3 is 2.54 bits per heavy atom. The average molecular weight is 179 g/mol. The molecular formula is C10H17N3. The normalized spacial score (nSPS) is 12.5. The van der Waals surface area contributed by atoms with E-state index in [4.69, 9.17) is 0 Å². The first-order valence-corrected chi connectivity index (χ1v) is 4.85. The molecule has 1 aromatic heterocycles. The van der Waals surface area contributed by atoms with Crippen LogP contribution in [0.5, 0.6) is 0 Å². The van der Waals surface area contributed by atoms with E-state index >= 15 is 0 Å². The molecule has 13 heavy (non-hydrogen) atoms. The molecule has 1 atom stereocenters. The zero-order valence-corrected chi connectivity index (χ0v) is 8.54. The molecule has 1 aromatic rings. The topological polar surface area (TPSA) is 37.8 Å². The largest absolute Gasteiger partial charge is 0.369 e. The summed E-state index contributed by atoms with van der Waals surface area (Å²) in [5, 5.41) is 11.3. The molecule has 0 saturated heterocycles. The number of hydrogen-bond acceptors (Lipinski definition) is 3. The predicted octanol–water partition coefficient (Wildman–Crippen LogP) is 2.42. The highest BCUT2D eigenvalue weighted by atomic mass is 15.2. The van der Waals surface area contributed by atoms with Crippen molar-refractivity contribution in [2.24, 2.45) is 0 Å². The van der Waals surface area contributed by atoms with Crippen LogP contribution < -0.4 is 5.32 Å². The van der Waals surface area contributed by atoms with E-state index in [2.05, 4.69) is 29.4 Å². The van der Waals surface area contributed by atoms with Crippen LogP contribution in [0.4, 0.5) is 5.82 Å². The van der Waals surface area contributed by atoms with Gasteiger partial charge in [0.2, 0.25) is 0 Å². The van der Waals surface area contributed by atoms with Gasteiger partial charge in [-0.2, -0.15) is 5.10 Å². The molecule has 1 rings (SSSR count). The summed E-state index contributed by atoms with van der Waals surface area (Å²) in [5.74, 6) is 1.36. The molecule has 0 aliphatic heterocycles. The first-order valence-electron chi connectivity index (χ1n) is 4.85. The Hall–Kier alpha value is -1.12. The van der Waals surface area contributed by atoms with Crippen molar-refractivity contribution >= 4 is 5.82 Å². The van der Waals surface area contributed by atoms with Crippen LogP contribution in [0.15, 0.2) is 12.1 Å². The lowest BCUT2D eigenvalue weighted by atomic mass is 10.1. The summed E-state index contributed by atoms with van der Waals surface area (Å²) < 4.78 is 0. The Labute approximate surface area is 79.6 Å². The van der Waals surface area contributed by atoms with Gasteiger partial charge in [-0.3, -0.25) is 0 Å². The van der Waals surface area contributed by atoms with E-state index in [-0.39, 0.29) is 0 Å². The third-order valence-corrected chi connectivity index (χ3v) is 2.16. The smallest absolute Gasteiger partial charge is 0.148 e. The summed E-state index contributed by atoms with van der Waals surface area (Å²) in [6.07, 6.45) is 1.11. The van der Waals surface area contributed by atoms with Crippen LogP contribution >= 0.6 is 0 Å². The van der Waals surface area contributed by atoms with Crippen molar-refractivity contribution in [3.63, 3.8) is 0 Å². The zero-order chi connectivity index (χ0) is 9.68. The van der Waals surface area contributed by atoms with Crippen LogP contribution in [0.1, 0.15) is 38.8 Å². The van der Waals surface area contributed by atoms with E-state index in [0.717, 1.165) is 24.5 Å². The van der Waals surface area contributed by atoms with Crippen LogP contribution in [0, 0.1) is 0 Å². The summed E-state index contributed by atoms with van der Waals surface area (Å²) in [6, 6.07) is 4.02. The minimum Gasteiger partial charge on any atom is -0.369 e. The molecule has 0 saturated carbocycles. The summed E-state index contributed by atoms with van der Waals surface area (Å²) >= 11 is 0. The second-order valence-corrected chi connectivity index (χ2v) is 3.18. The lowest BCUT2D eigenvalue weighted by Gasteiger charge is -2.07. The molecular weight excluding hydrogens is 162 g/mol. The maximum atomic E-state index is 4.16. The first kappa shape index (κ1) is 9.96. The fourth-order valence-electron chi connectivity index (χ4n) is 1.09. The van der Waals surface area contributed by atoms with Crippen molar-refractivity contribution < 1.29 is 0 Å². The molecule has 1 heterocycles. The second kappa shape index (κ2) is 4.80. The van der Waals surface area contributed by atoms with Gasteiger partial charge >= 0.3 is 0 Å². The molecule has 3 nitrogen and oxygen atoms in total. The Kier molecular flexibility index (Phi) is 3.68. The van der Waals surface area contributed by atoms with E-state index in [0.29, 0.717) is 5.92 Å². The molecule has 0 aliphatic rings. The fourth-order valence-corrected chi connectivity index (χ4v) is 1.09. The number of nitrogens with one attached hydrogen (secondary N) is 1. The highest BCUT2D eigenvalue weighted by Gasteiger charge is 2.04. The Morgan fingerprint density at radius 2 is 2.08 bits per heavy atom. The number of anilines is 1. The number of aromatic nitrogens is 2. The lowest BCUT2D eigenvalue weighted by Crippen LogP contribution is -2.03. The monoisotopic (exact) mass is 179 g/mol. The van der Waals surface area contributed by atoms with Crippen molar-refractivity contribution in [2.75, 3.05) is 11.9 Å². The van der Waals surface area contributed by atoms with E-state index < -0.39 is 0 Å². The molecule has 0 amide bonds. The summed E-state index contributed by atoms with van der Waals surface area (Å²) in [7, 11) is 0. The number of hydrogen-bond donors (Lipinski definition) is 1. The van der Waals surface area contributed by atoms with E-state index in [1.807, 2.05) is 19.1 Å². The molecule has 1 unspecified atom stereocenters.